The van der Waals surface area contributed by atoms with Crippen LogP contribution >= 0.6 is 0 Å². The zero-order chi connectivity index (χ0) is 12.8. The minimum atomic E-state index is -0.337. The molecule has 0 aliphatic heterocycles. The van der Waals surface area contributed by atoms with E-state index in [0.717, 1.165) is 12.1 Å². The minimum Gasteiger partial charge on any atom is -0.393 e. The van der Waals surface area contributed by atoms with Gasteiger partial charge in [-0.25, -0.2) is 0 Å². The molecule has 0 fully saturated rings. The molecule has 2 atom stereocenters. The summed E-state index contributed by atoms with van der Waals surface area (Å²) in [5.74, 6) is 0.377. The van der Waals surface area contributed by atoms with Crippen LogP contribution in [0.1, 0.15) is 38.9 Å². The topological polar surface area (TPSA) is 47.3 Å². The van der Waals surface area contributed by atoms with E-state index >= 15 is 0 Å². The maximum Gasteiger partial charge on any atom is 0.0650 e. The summed E-state index contributed by atoms with van der Waals surface area (Å²) in [6.45, 7) is 6.96. The highest BCUT2D eigenvalue weighted by atomic mass is 16.5. The number of aliphatic hydroxyl groups excluding tert-OH is 1. The normalized spacial score (nSPS) is 15.2. The lowest BCUT2D eigenvalue weighted by Crippen LogP contribution is -2.18. The van der Waals surface area contributed by atoms with E-state index in [0.29, 0.717) is 25.0 Å². The highest BCUT2D eigenvalue weighted by Gasteiger charge is 2.13. The second-order valence-electron chi connectivity index (χ2n) is 5.03. The zero-order valence-electron chi connectivity index (χ0n) is 11.3. The van der Waals surface area contributed by atoms with Crippen molar-refractivity contribution in [1.29, 1.82) is 0 Å². The molecule has 1 aromatic rings. The number of nitrogens with zero attached hydrogens (tertiary/aromatic N) is 2. The Hall–Kier alpha value is -0.870. The number of rotatable bonds is 7. The fourth-order valence-electron chi connectivity index (χ4n) is 1.92. The third-order valence-electron chi connectivity index (χ3n) is 2.76. The molecule has 0 bridgehead atoms. The fraction of sp³-hybridized carbons (Fsp3) is 0.769. The Kier molecular flexibility index (Phi) is 5.65. The van der Waals surface area contributed by atoms with Crippen molar-refractivity contribution in [2.75, 3.05) is 13.7 Å². The molecule has 98 valence electrons. The van der Waals surface area contributed by atoms with Crippen LogP contribution in [0, 0.1) is 5.92 Å². The molecule has 1 aromatic heterocycles. The van der Waals surface area contributed by atoms with Gasteiger partial charge in [-0.05, 0) is 32.3 Å². The summed E-state index contributed by atoms with van der Waals surface area (Å²) in [6, 6.07) is 2.35. The van der Waals surface area contributed by atoms with Gasteiger partial charge in [-0.2, -0.15) is 5.10 Å². The van der Waals surface area contributed by atoms with Gasteiger partial charge in [-0.3, -0.25) is 4.68 Å². The van der Waals surface area contributed by atoms with Crippen LogP contribution in [0.3, 0.4) is 0 Å². The first-order chi connectivity index (χ1) is 8.02. The van der Waals surface area contributed by atoms with Gasteiger partial charge in [0, 0.05) is 32.4 Å². The summed E-state index contributed by atoms with van der Waals surface area (Å²) in [5, 5.41) is 14.4. The molecule has 4 nitrogen and oxygen atoms in total. The molecule has 0 saturated heterocycles. The Morgan fingerprint density at radius 2 is 2.12 bits per heavy atom. The van der Waals surface area contributed by atoms with Gasteiger partial charge in [0.1, 0.15) is 0 Å². The standard InChI is InChI=1S/C13H24N2O2/c1-10(2)15-6-5-12(14-15)8-13(16)7-11(3)9-17-4/h5-6,10-11,13,16H,7-9H2,1-4H3. The van der Waals surface area contributed by atoms with Gasteiger partial charge < -0.3 is 9.84 Å². The Morgan fingerprint density at radius 3 is 2.65 bits per heavy atom. The van der Waals surface area contributed by atoms with Crippen LogP contribution < -0.4 is 0 Å². The summed E-state index contributed by atoms with van der Waals surface area (Å²) in [5.41, 5.74) is 0.954. The van der Waals surface area contributed by atoms with E-state index in [1.165, 1.54) is 0 Å². The second kappa shape index (κ2) is 6.77. The third kappa shape index (κ3) is 4.88. The molecule has 0 radical (unpaired) electrons. The molecule has 0 amide bonds. The zero-order valence-corrected chi connectivity index (χ0v) is 11.3. The van der Waals surface area contributed by atoms with Crippen molar-refractivity contribution in [3.05, 3.63) is 18.0 Å². The molecular weight excluding hydrogens is 216 g/mol. The fourth-order valence-corrected chi connectivity index (χ4v) is 1.92. The number of hydrogen-bond acceptors (Lipinski definition) is 3. The van der Waals surface area contributed by atoms with Gasteiger partial charge in [0.2, 0.25) is 0 Å². The van der Waals surface area contributed by atoms with Crippen LogP contribution in [-0.4, -0.2) is 34.7 Å². The Balaban J connectivity index is 2.41. The molecule has 1 heterocycles. The quantitative estimate of drug-likeness (QED) is 0.793. The molecule has 1 N–H and O–H groups in total. The summed E-state index contributed by atoms with van der Waals surface area (Å²) in [7, 11) is 1.69. The Bertz CT molecular complexity index is 323. The molecule has 0 aliphatic rings. The van der Waals surface area contributed by atoms with Gasteiger partial charge in [0.15, 0.2) is 0 Å². The van der Waals surface area contributed by atoms with Crippen molar-refractivity contribution in [2.24, 2.45) is 5.92 Å². The summed E-state index contributed by atoms with van der Waals surface area (Å²) in [6.07, 6.45) is 3.00. The van der Waals surface area contributed by atoms with E-state index in [1.807, 2.05) is 16.9 Å². The van der Waals surface area contributed by atoms with Crippen molar-refractivity contribution >= 4 is 0 Å². The number of methoxy groups -OCH3 is 1. The van der Waals surface area contributed by atoms with Crippen LogP contribution in [0.5, 0.6) is 0 Å². The predicted octanol–water partition coefficient (Wildman–Crippen LogP) is 2.04. The lowest BCUT2D eigenvalue weighted by atomic mass is 10.0. The molecule has 1 rings (SSSR count). The van der Waals surface area contributed by atoms with E-state index in [2.05, 4.69) is 25.9 Å². The van der Waals surface area contributed by atoms with Gasteiger partial charge in [-0.1, -0.05) is 6.92 Å². The maximum atomic E-state index is 9.94. The minimum absolute atomic E-state index is 0.337. The number of ether oxygens (including phenoxy) is 1. The molecule has 0 aliphatic carbocycles. The first-order valence-corrected chi connectivity index (χ1v) is 6.24. The summed E-state index contributed by atoms with van der Waals surface area (Å²) >= 11 is 0. The molecule has 4 heteroatoms. The van der Waals surface area contributed by atoms with Gasteiger partial charge in [0.05, 0.1) is 11.8 Å². The van der Waals surface area contributed by atoms with E-state index in [-0.39, 0.29) is 6.10 Å². The molecule has 0 spiro atoms. The molecular formula is C13H24N2O2. The highest BCUT2D eigenvalue weighted by molar-refractivity contribution is 5.01. The number of aliphatic hydroxyl groups is 1. The monoisotopic (exact) mass is 240 g/mol. The third-order valence-corrected chi connectivity index (χ3v) is 2.76. The van der Waals surface area contributed by atoms with Crippen LogP contribution in [-0.2, 0) is 11.2 Å². The largest absolute Gasteiger partial charge is 0.393 e. The first kappa shape index (κ1) is 14.2. The van der Waals surface area contributed by atoms with Crippen molar-refractivity contribution in [1.82, 2.24) is 9.78 Å². The lowest BCUT2D eigenvalue weighted by molar-refractivity contribution is 0.101. The van der Waals surface area contributed by atoms with E-state index in [9.17, 15) is 5.11 Å². The Morgan fingerprint density at radius 1 is 1.41 bits per heavy atom. The lowest BCUT2D eigenvalue weighted by Gasteiger charge is -2.14. The molecule has 17 heavy (non-hydrogen) atoms. The summed E-state index contributed by atoms with van der Waals surface area (Å²) < 4.78 is 6.98. The van der Waals surface area contributed by atoms with E-state index in [4.69, 9.17) is 4.74 Å². The molecule has 2 unspecified atom stereocenters. The SMILES string of the molecule is COCC(C)CC(O)Cc1ccn(C(C)C)n1. The van der Waals surface area contributed by atoms with Crippen molar-refractivity contribution in [2.45, 2.75) is 45.8 Å². The second-order valence-corrected chi connectivity index (χ2v) is 5.03. The van der Waals surface area contributed by atoms with Crippen molar-refractivity contribution in [3.8, 4) is 0 Å². The average molecular weight is 240 g/mol. The van der Waals surface area contributed by atoms with Crippen LogP contribution in [0.4, 0.5) is 0 Å². The van der Waals surface area contributed by atoms with E-state index in [1.54, 1.807) is 7.11 Å². The van der Waals surface area contributed by atoms with Gasteiger partial charge in [-0.15, -0.1) is 0 Å². The smallest absolute Gasteiger partial charge is 0.0650 e. The van der Waals surface area contributed by atoms with Crippen molar-refractivity contribution in [3.63, 3.8) is 0 Å². The number of hydrogen-bond donors (Lipinski definition) is 1. The maximum absolute atomic E-state index is 9.94. The highest BCUT2D eigenvalue weighted by Crippen LogP contribution is 2.12. The van der Waals surface area contributed by atoms with Gasteiger partial charge >= 0.3 is 0 Å². The first-order valence-electron chi connectivity index (χ1n) is 6.24. The average Bonchev–Trinajstić information content (AvgIpc) is 2.66. The molecule has 0 aromatic carbocycles. The molecule has 0 saturated carbocycles. The van der Waals surface area contributed by atoms with Crippen LogP contribution in [0.25, 0.3) is 0 Å². The predicted molar refractivity (Wildman–Crippen MR) is 68.0 cm³/mol. The summed E-state index contributed by atoms with van der Waals surface area (Å²) in [4.78, 5) is 0. The van der Waals surface area contributed by atoms with E-state index < -0.39 is 0 Å². The Labute approximate surface area is 104 Å². The van der Waals surface area contributed by atoms with Crippen LogP contribution in [0.2, 0.25) is 0 Å². The van der Waals surface area contributed by atoms with Crippen LogP contribution in [0.15, 0.2) is 12.3 Å². The van der Waals surface area contributed by atoms with Crippen molar-refractivity contribution < 1.29 is 9.84 Å². The van der Waals surface area contributed by atoms with Gasteiger partial charge in [0.25, 0.3) is 0 Å². The number of aromatic nitrogens is 2.